The van der Waals surface area contributed by atoms with E-state index < -0.39 is 0 Å². The molecule has 1 N–H and O–H groups in total. The third-order valence-corrected chi connectivity index (χ3v) is 5.57. The van der Waals surface area contributed by atoms with Crippen molar-refractivity contribution in [2.75, 3.05) is 27.3 Å². The lowest BCUT2D eigenvalue weighted by atomic mass is 9.91. The number of piperidine rings is 1. The number of ether oxygens (including phenoxy) is 2. The van der Waals surface area contributed by atoms with Crippen molar-refractivity contribution in [1.29, 1.82) is 0 Å². The minimum Gasteiger partial charge on any atom is -0.497 e. The van der Waals surface area contributed by atoms with Gasteiger partial charge in [-0.25, -0.2) is 4.68 Å². The molecule has 2 heterocycles. The summed E-state index contributed by atoms with van der Waals surface area (Å²) in [5.41, 5.74) is 5.79. The van der Waals surface area contributed by atoms with Gasteiger partial charge in [0.25, 0.3) is 0 Å². The number of hydrogen-bond donors (Lipinski definition) is 1. The highest BCUT2D eigenvalue weighted by molar-refractivity contribution is 5.68. The molecule has 0 saturated carbocycles. The fourth-order valence-electron chi connectivity index (χ4n) is 3.99. The van der Waals surface area contributed by atoms with E-state index >= 15 is 0 Å². The van der Waals surface area contributed by atoms with Gasteiger partial charge in [-0.1, -0.05) is 0 Å². The van der Waals surface area contributed by atoms with Crippen molar-refractivity contribution in [1.82, 2.24) is 15.1 Å². The van der Waals surface area contributed by atoms with Gasteiger partial charge < -0.3 is 14.8 Å². The van der Waals surface area contributed by atoms with Crippen LogP contribution in [0, 0.1) is 6.92 Å². The maximum atomic E-state index is 5.33. The average Bonchev–Trinajstić information content (AvgIpc) is 3.11. The molecule has 1 fully saturated rings. The Balaban J connectivity index is 1.83. The van der Waals surface area contributed by atoms with E-state index in [-0.39, 0.29) is 0 Å². The van der Waals surface area contributed by atoms with Crippen molar-refractivity contribution in [2.45, 2.75) is 25.7 Å². The summed E-state index contributed by atoms with van der Waals surface area (Å²) in [5, 5.41) is 8.55. The maximum Gasteiger partial charge on any atom is 0.119 e. The molecule has 5 nitrogen and oxygen atoms in total. The van der Waals surface area contributed by atoms with E-state index in [2.05, 4.69) is 41.2 Å². The van der Waals surface area contributed by atoms with E-state index in [1.807, 2.05) is 24.3 Å². The first kappa shape index (κ1) is 18.6. The first-order chi connectivity index (χ1) is 13.7. The number of aromatic nitrogens is 2. The Morgan fingerprint density at radius 2 is 1.46 bits per heavy atom. The van der Waals surface area contributed by atoms with Crippen LogP contribution in [0.15, 0.2) is 48.5 Å². The fraction of sp³-hybridized carbons (Fsp3) is 0.348. The molecule has 1 saturated heterocycles. The molecule has 0 unspecified atom stereocenters. The zero-order valence-corrected chi connectivity index (χ0v) is 16.7. The van der Waals surface area contributed by atoms with Crippen molar-refractivity contribution in [3.8, 4) is 28.4 Å². The van der Waals surface area contributed by atoms with Gasteiger partial charge in [-0.3, -0.25) is 0 Å². The second-order valence-electron chi connectivity index (χ2n) is 7.22. The van der Waals surface area contributed by atoms with Crippen LogP contribution in [0.1, 0.15) is 30.0 Å². The average molecular weight is 377 g/mol. The van der Waals surface area contributed by atoms with E-state index in [0.29, 0.717) is 5.92 Å². The molecule has 0 spiro atoms. The van der Waals surface area contributed by atoms with Gasteiger partial charge in [0.2, 0.25) is 0 Å². The molecule has 28 heavy (non-hydrogen) atoms. The number of nitrogens with zero attached hydrogens (tertiary/aromatic N) is 2. The van der Waals surface area contributed by atoms with E-state index in [1.165, 1.54) is 11.3 Å². The van der Waals surface area contributed by atoms with Crippen LogP contribution in [-0.4, -0.2) is 37.1 Å². The molecule has 3 aromatic rings. The summed E-state index contributed by atoms with van der Waals surface area (Å²) < 4.78 is 12.7. The van der Waals surface area contributed by atoms with Gasteiger partial charge in [0.05, 0.1) is 31.3 Å². The van der Waals surface area contributed by atoms with Crippen molar-refractivity contribution in [3.63, 3.8) is 0 Å². The molecule has 1 aliphatic rings. The maximum absolute atomic E-state index is 5.33. The van der Waals surface area contributed by atoms with Gasteiger partial charge >= 0.3 is 0 Å². The van der Waals surface area contributed by atoms with E-state index in [9.17, 15) is 0 Å². The van der Waals surface area contributed by atoms with Crippen LogP contribution < -0.4 is 14.8 Å². The highest BCUT2D eigenvalue weighted by atomic mass is 16.5. The van der Waals surface area contributed by atoms with E-state index in [0.717, 1.165) is 54.4 Å². The summed E-state index contributed by atoms with van der Waals surface area (Å²) in [5.74, 6) is 2.20. The van der Waals surface area contributed by atoms with Crippen molar-refractivity contribution in [2.24, 2.45) is 0 Å². The SMILES string of the molecule is COc1ccc(-c2c(C)c(C3CCNCC3)nn2-c2ccc(OC)cc2)cc1. The molecular formula is C23H27N3O2. The van der Waals surface area contributed by atoms with Crippen LogP contribution in [0.25, 0.3) is 16.9 Å². The number of benzene rings is 2. The summed E-state index contributed by atoms with van der Waals surface area (Å²) in [4.78, 5) is 0. The molecule has 0 amide bonds. The number of hydrogen-bond acceptors (Lipinski definition) is 4. The van der Waals surface area contributed by atoms with E-state index in [1.54, 1.807) is 14.2 Å². The van der Waals surface area contributed by atoms with Crippen LogP contribution in [0.5, 0.6) is 11.5 Å². The van der Waals surface area contributed by atoms with Crippen molar-refractivity contribution < 1.29 is 9.47 Å². The highest BCUT2D eigenvalue weighted by Gasteiger charge is 2.25. The molecule has 0 radical (unpaired) electrons. The van der Waals surface area contributed by atoms with Gasteiger partial charge in [0.1, 0.15) is 11.5 Å². The number of rotatable bonds is 5. The predicted molar refractivity (Wildman–Crippen MR) is 112 cm³/mol. The zero-order valence-electron chi connectivity index (χ0n) is 16.7. The molecule has 0 bridgehead atoms. The summed E-state index contributed by atoms with van der Waals surface area (Å²) >= 11 is 0. The lowest BCUT2D eigenvalue weighted by Crippen LogP contribution is -2.27. The molecule has 4 rings (SSSR count). The normalized spacial score (nSPS) is 14.8. The van der Waals surface area contributed by atoms with Crippen molar-refractivity contribution in [3.05, 3.63) is 59.8 Å². The van der Waals surface area contributed by atoms with Gasteiger partial charge in [0.15, 0.2) is 0 Å². The van der Waals surface area contributed by atoms with E-state index in [4.69, 9.17) is 14.6 Å². The first-order valence-corrected chi connectivity index (χ1v) is 9.80. The molecule has 1 aliphatic heterocycles. The largest absolute Gasteiger partial charge is 0.497 e. The quantitative estimate of drug-likeness (QED) is 0.719. The first-order valence-electron chi connectivity index (χ1n) is 9.80. The van der Waals surface area contributed by atoms with Gasteiger partial charge in [-0.05, 0) is 86.9 Å². The minimum atomic E-state index is 0.498. The second-order valence-corrected chi connectivity index (χ2v) is 7.22. The lowest BCUT2D eigenvalue weighted by molar-refractivity contribution is 0.414. The van der Waals surface area contributed by atoms with Gasteiger partial charge in [-0.2, -0.15) is 5.10 Å². The number of methoxy groups -OCH3 is 2. The Morgan fingerprint density at radius 1 is 0.893 bits per heavy atom. The molecule has 146 valence electrons. The molecule has 0 atom stereocenters. The van der Waals surface area contributed by atoms with Crippen LogP contribution in [-0.2, 0) is 0 Å². The monoisotopic (exact) mass is 377 g/mol. The highest BCUT2D eigenvalue weighted by Crippen LogP contribution is 2.35. The fourth-order valence-corrected chi connectivity index (χ4v) is 3.99. The van der Waals surface area contributed by atoms with Gasteiger partial charge in [0, 0.05) is 11.5 Å². The van der Waals surface area contributed by atoms with Crippen molar-refractivity contribution >= 4 is 0 Å². The third-order valence-electron chi connectivity index (χ3n) is 5.57. The topological polar surface area (TPSA) is 48.3 Å². The van der Waals surface area contributed by atoms with Crippen LogP contribution >= 0.6 is 0 Å². The summed E-state index contributed by atoms with van der Waals surface area (Å²) in [6, 6.07) is 16.3. The molecular weight excluding hydrogens is 350 g/mol. The molecule has 0 aliphatic carbocycles. The standard InChI is InChI=1S/C23H27N3O2/c1-16-22(17-12-14-24-15-13-17)25-26(19-6-10-21(28-3)11-7-19)23(16)18-4-8-20(27-2)9-5-18/h4-11,17,24H,12-15H2,1-3H3. The molecule has 2 aromatic carbocycles. The van der Waals surface area contributed by atoms with Crippen LogP contribution in [0.4, 0.5) is 0 Å². The summed E-state index contributed by atoms with van der Waals surface area (Å²) in [7, 11) is 3.38. The van der Waals surface area contributed by atoms with Gasteiger partial charge in [-0.15, -0.1) is 0 Å². The lowest BCUT2D eigenvalue weighted by Gasteiger charge is -2.21. The molecule has 5 heteroatoms. The summed E-state index contributed by atoms with van der Waals surface area (Å²) in [6.45, 7) is 4.30. The summed E-state index contributed by atoms with van der Waals surface area (Å²) in [6.07, 6.45) is 2.25. The Kier molecular flexibility index (Phi) is 5.35. The third kappa shape index (κ3) is 3.50. The Hall–Kier alpha value is -2.79. The van der Waals surface area contributed by atoms with Crippen LogP contribution in [0.2, 0.25) is 0 Å². The predicted octanol–water partition coefficient (Wildman–Crippen LogP) is 4.33. The minimum absolute atomic E-state index is 0.498. The number of nitrogens with one attached hydrogen (secondary N) is 1. The zero-order chi connectivity index (χ0) is 19.5. The smallest absolute Gasteiger partial charge is 0.119 e. The Bertz CT molecular complexity index is 924. The molecule has 1 aromatic heterocycles. The van der Waals surface area contributed by atoms with Crippen LogP contribution in [0.3, 0.4) is 0 Å². The Morgan fingerprint density at radius 3 is 2.04 bits per heavy atom. The Labute approximate surface area is 166 Å². The second kappa shape index (κ2) is 8.07.